The van der Waals surface area contributed by atoms with Crippen LogP contribution in [0.3, 0.4) is 0 Å². The predicted octanol–water partition coefficient (Wildman–Crippen LogP) is 3.68. The van der Waals surface area contributed by atoms with Crippen LogP contribution in [0.2, 0.25) is 0 Å². The number of nitrogens with zero attached hydrogens (tertiary/aromatic N) is 4. The predicted molar refractivity (Wildman–Crippen MR) is 147 cm³/mol. The second kappa shape index (κ2) is 11.7. The summed E-state index contributed by atoms with van der Waals surface area (Å²) in [5, 5.41) is 5.88. The molecule has 210 valence electrons. The van der Waals surface area contributed by atoms with E-state index in [9.17, 15) is 13.2 Å². The second-order valence-corrected chi connectivity index (χ2v) is 13.0. The minimum Gasteiger partial charge on any atom is -0.497 e. The zero-order valence-corrected chi connectivity index (χ0v) is 24.2. The highest BCUT2D eigenvalue weighted by molar-refractivity contribution is 7.89. The van der Waals surface area contributed by atoms with E-state index in [0.717, 1.165) is 43.2 Å². The number of benzene rings is 1. The van der Waals surface area contributed by atoms with Crippen LogP contribution in [0.15, 0.2) is 33.1 Å². The summed E-state index contributed by atoms with van der Waals surface area (Å²) in [6.07, 6.45) is 5.71. The van der Waals surface area contributed by atoms with Gasteiger partial charge < -0.3 is 14.5 Å². The van der Waals surface area contributed by atoms with Crippen LogP contribution in [-0.4, -0.2) is 66.3 Å². The highest BCUT2D eigenvalue weighted by Gasteiger charge is 2.39. The van der Waals surface area contributed by atoms with Crippen molar-refractivity contribution in [3.8, 4) is 5.75 Å². The molecule has 3 heterocycles. The van der Waals surface area contributed by atoms with Crippen LogP contribution in [0.4, 0.5) is 0 Å². The number of thiazole rings is 1. The van der Waals surface area contributed by atoms with Gasteiger partial charge in [-0.2, -0.15) is 4.31 Å². The van der Waals surface area contributed by atoms with Gasteiger partial charge in [0.2, 0.25) is 10.0 Å². The van der Waals surface area contributed by atoms with E-state index in [1.54, 1.807) is 48.7 Å². The zero-order valence-electron chi connectivity index (χ0n) is 22.6. The van der Waals surface area contributed by atoms with Crippen molar-refractivity contribution in [2.24, 2.45) is 0 Å². The standard InChI is InChI=1S/C27H35N5O5S2/c1-18-12-22(36-3)13-19(2)26(18)39(34,35)32(21-6-7-21)11-8-24-30-23(16-37-24)27(33)28-14-20-17-38-25(29-20)15-31-9-4-5-10-31/h12-13,16-17,21H,4-11,14-15H2,1-3H3,(H,28,33). The maximum absolute atomic E-state index is 13.7. The molecule has 1 aliphatic carbocycles. The Balaban J connectivity index is 1.18. The molecule has 0 atom stereocenters. The highest BCUT2D eigenvalue weighted by Crippen LogP contribution is 2.35. The fraction of sp³-hybridized carbons (Fsp3) is 0.519. The fourth-order valence-corrected chi connectivity index (χ4v) is 7.98. The smallest absolute Gasteiger partial charge is 0.273 e. The minimum atomic E-state index is -3.73. The molecule has 0 radical (unpaired) electrons. The van der Waals surface area contributed by atoms with Crippen molar-refractivity contribution in [3.63, 3.8) is 0 Å². The van der Waals surface area contributed by atoms with E-state index in [2.05, 4.69) is 20.2 Å². The lowest BCUT2D eigenvalue weighted by Crippen LogP contribution is -2.35. The van der Waals surface area contributed by atoms with Crippen molar-refractivity contribution in [2.75, 3.05) is 26.7 Å². The first-order valence-electron chi connectivity index (χ1n) is 13.3. The first-order chi connectivity index (χ1) is 18.7. The van der Waals surface area contributed by atoms with Crippen LogP contribution in [0, 0.1) is 13.8 Å². The number of amides is 1. The molecule has 2 aliphatic rings. The van der Waals surface area contributed by atoms with Crippen LogP contribution < -0.4 is 10.1 Å². The van der Waals surface area contributed by atoms with E-state index in [1.165, 1.54) is 19.1 Å². The summed E-state index contributed by atoms with van der Waals surface area (Å²) in [4.78, 5) is 24.3. The van der Waals surface area contributed by atoms with Crippen LogP contribution in [0.25, 0.3) is 0 Å². The van der Waals surface area contributed by atoms with E-state index in [-0.39, 0.29) is 30.6 Å². The topological polar surface area (TPSA) is 118 Å². The Morgan fingerprint density at radius 2 is 1.92 bits per heavy atom. The first-order valence-corrected chi connectivity index (χ1v) is 15.6. The summed E-state index contributed by atoms with van der Waals surface area (Å²) < 4.78 is 39.7. The van der Waals surface area contributed by atoms with Gasteiger partial charge in [-0.15, -0.1) is 11.3 Å². The number of aromatic nitrogens is 2. The number of ether oxygens (including phenoxy) is 1. The van der Waals surface area contributed by atoms with E-state index < -0.39 is 10.0 Å². The molecule has 1 aliphatic heterocycles. The molecule has 10 nitrogen and oxygen atoms in total. The van der Waals surface area contributed by atoms with Crippen LogP contribution in [-0.2, 0) is 29.5 Å². The second-order valence-electron chi connectivity index (χ2n) is 10.2. The normalized spacial score (nSPS) is 16.2. The van der Waals surface area contributed by atoms with Gasteiger partial charge in [0.1, 0.15) is 17.0 Å². The van der Waals surface area contributed by atoms with E-state index in [1.807, 2.05) is 5.38 Å². The molecule has 12 heteroatoms. The lowest BCUT2D eigenvalue weighted by molar-refractivity contribution is 0.0945. The Labute approximate surface area is 233 Å². The number of hydrogen-bond donors (Lipinski definition) is 1. The largest absolute Gasteiger partial charge is 0.497 e. The monoisotopic (exact) mass is 573 g/mol. The molecular weight excluding hydrogens is 538 g/mol. The number of rotatable bonds is 12. The Morgan fingerprint density at radius 1 is 1.21 bits per heavy atom. The fourth-order valence-electron chi connectivity index (χ4n) is 5.05. The SMILES string of the molecule is COc1cc(C)c(S(=O)(=O)N(CCc2nc(C(=O)NCc3csc(CN4CCCC4)n3)co2)C2CC2)c(C)c1. The van der Waals surface area contributed by atoms with Gasteiger partial charge in [-0.3, -0.25) is 9.69 Å². The number of methoxy groups -OCH3 is 1. The maximum Gasteiger partial charge on any atom is 0.273 e. The molecule has 1 amide bonds. The van der Waals surface area contributed by atoms with Crippen LogP contribution >= 0.6 is 11.3 Å². The third-order valence-electron chi connectivity index (χ3n) is 7.11. The number of carbonyl (C=O) groups excluding carboxylic acids is 1. The molecule has 5 rings (SSSR count). The van der Waals surface area contributed by atoms with E-state index in [0.29, 0.717) is 34.2 Å². The summed E-state index contributed by atoms with van der Waals surface area (Å²) >= 11 is 1.61. The van der Waals surface area contributed by atoms with Gasteiger partial charge in [0, 0.05) is 24.4 Å². The summed E-state index contributed by atoms with van der Waals surface area (Å²) in [7, 11) is -2.16. The van der Waals surface area contributed by atoms with Gasteiger partial charge in [-0.1, -0.05) is 0 Å². The number of aryl methyl sites for hydroxylation is 2. The van der Waals surface area contributed by atoms with Crippen molar-refractivity contribution < 1.29 is 22.4 Å². The summed E-state index contributed by atoms with van der Waals surface area (Å²) in [6, 6.07) is 3.44. The lowest BCUT2D eigenvalue weighted by atomic mass is 10.1. The Morgan fingerprint density at radius 3 is 2.59 bits per heavy atom. The van der Waals surface area contributed by atoms with Gasteiger partial charge >= 0.3 is 0 Å². The van der Waals surface area contributed by atoms with Crippen molar-refractivity contribution >= 4 is 27.3 Å². The van der Waals surface area contributed by atoms with Crippen molar-refractivity contribution in [2.45, 2.75) is 70.0 Å². The Bertz CT molecular complexity index is 1400. The third kappa shape index (κ3) is 6.51. The minimum absolute atomic E-state index is 0.0397. The molecule has 0 bridgehead atoms. The molecule has 39 heavy (non-hydrogen) atoms. The van der Waals surface area contributed by atoms with Gasteiger partial charge in [0.25, 0.3) is 5.91 Å². The number of nitrogens with one attached hydrogen (secondary N) is 1. The van der Waals surface area contributed by atoms with Crippen molar-refractivity contribution in [1.82, 2.24) is 24.5 Å². The number of sulfonamides is 1. The number of oxazole rings is 1. The molecular formula is C27H35N5O5S2. The number of likely N-dealkylation sites (tertiary alicyclic amines) is 1. The maximum atomic E-state index is 13.7. The number of hydrogen-bond acceptors (Lipinski definition) is 9. The molecule has 3 aromatic rings. The Hall–Kier alpha value is -2.80. The summed E-state index contributed by atoms with van der Waals surface area (Å²) in [5.41, 5.74) is 2.28. The highest BCUT2D eigenvalue weighted by atomic mass is 32.2. The molecule has 2 fully saturated rings. The summed E-state index contributed by atoms with van der Waals surface area (Å²) in [6.45, 7) is 7.19. The van der Waals surface area contributed by atoms with Crippen molar-refractivity contribution in [3.05, 3.63) is 57.2 Å². The first kappa shape index (κ1) is 27.8. The molecule has 1 saturated carbocycles. The molecule has 0 unspecified atom stereocenters. The lowest BCUT2D eigenvalue weighted by Gasteiger charge is -2.24. The van der Waals surface area contributed by atoms with Gasteiger partial charge in [0.15, 0.2) is 11.6 Å². The zero-order chi connectivity index (χ0) is 27.6. The molecule has 2 aromatic heterocycles. The molecule has 1 N–H and O–H groups in total. The average molecular weight is 574 g/mol. The number of carbonyl (C=O) groups is 1. The van der Waals surface area contributed by atoms with Gasteiger partial charge in [-0.05, 0) is 75.9 Å². The molecule has 1 aromatic carbocycles. The van der Waals surface area contributed by atoms with Gasteiger partial charge in [0.05, 0.1) is 30.8 Å². The quantitative estimate of drug-likeness (QED) is 0.349. The van der Waals surface area contributed by atoms with E-state index in [4.69, 9.17) is 9.15 Å². The summed E-state index contributed by atoms with van der Waals surface area (Å²) in [5.74, 6) is 0.603. The van der Waals surface area contributed by atoms with E-state index >= 15 is 0 Å². The third-order valence-corrected chi connectivity index (χ3v) is 10.2. The molecule has 1 saturated heterocycles. The van der Waals surface area contributed by atoms with Crippen LogP contribution in [0.1, 0.15) is 63.9 Å². The van der Waals surface area contributed by atoms with Crippen LogP contribution in [0.5, 0.6) is 5.75 Å². The van der Waals surface area contributed by atoms with Crippen molar-refractivity contribution in [1.29, 1.82) is 0 Å². The Kier molecular flexibility index (Phi) is 8.36. The average Bonchev–Trinajstić information content (AvgIpc) is 3.26. The van der Waals surface area contributed by atoms with Gasteiger partial charge in [-0.25, -0.2) is 18.4 Å². The molecule has 0 spiro atoms.